The maximum atomic E-state index is 9.66. The topological polar surface area (TPSA) is 33.0 Å². The molecule has 0 aromatic heterocycles. The van der Waals surface area contributed by atoms with Gasteiger partial charge in [0, 0.05) is 0 Å². The van der Waals surface area contributed by atoms with Crippen molar-refractivity contribution in [3.8, 4) is 11.8 Å². The molecule has 0 N–H and O–H groups in total. The van der Waals surface area contributed by atoms with Crippen LogP contribution in [0.3, 0.4) is 0 Å². The van der Waals surface area contributed by atoms with Crippen molar-refractivity contribution in [2.45, 2.75) is 46.0 Å². The van der Waals surface area contributed by atoms with Crippen molar-refractivity contribution >= 4 is 0 Å². The summed E-state index contributed by atoms with van der Waals surface area (Å²) in [5.74, 6) is 1.57. The Labute approximate surface area is 116 Å². The summed E-state index contributed by atoms with van der Waals surface area (Å²) in [5.41, 5.74) is 2.21. The highest BCUT2D eigenvalue weighted by Gasteiger charge is 2.35. The van der Waals surface area contributed by atoms with Crippen LogP contribution in [-0.2, 0) is 6.42 Å². The molecule has 2 rings (SSSR count). The third-order valence-electron chi connectivity index (χ3n) is 4.29. The summed E-state index contributed by atoms with van der Waals surface area (Å²) in [5, 5.41) is 9.66. The number of rotatable bonds is 3. The van der Waals surface area contributed by atoms with Gasteiger partial charge in [0.2, 0.25) is 0 Å². The van der Waals surface area contributed by atoms with Crippen LogP contribution in [0.4, 0.5) is 0 Å². The SMILES string of the molecule is COc1ccc(C)cc1CC1(C#N)CCCC(C)C1. The second-order valence-electron chi connectivity index (χ2n) is 6.09. The van der Waals surface area contributed by atoms with Crippen LogP contribution in [-0.4, -0.2) is 7.11 Å². The lowest BCUT2D eigenvalue weighted by Gasteiger charge is -2.34. The molecule has 1 aliphatic rings. The fraction of sp³-hybridized carbons (Fsp3) is 0.588. The van der Waals surface area contributed by atoms with E-state index in [9.17, 15) is 5.26 Å². The molecule has 2 nitrogen and oxygen atoms in total. The van der Waals surface area contributed by atoms with Gasteiger partial charge in [0.05, 0.1) is 18.6 Å². The van der Waals surface area contributed by atoms with Gasteiger partial charge >= 0.3 is 0 Å². The predicted octanol–water partition coefficient (Wildman–Crippen LogP) is 4.27. The zero-order valence-electron chi connectivity index (χ0n) is 12.2. The van der Waals surface area contributed by atoms with Gasteiger partial charge in [-0.3, -0.25) is 0 Å². The lowest BCUT2D eigenvalue weighted by atomic mass is 9.68. The molecular weight excluding hydrogens is 234 g/mol. The van der Waals surface area contributed by atoms with E-state index >= 15 is 0 Å². The van der Waals surface area contributed by atoms with Crippen LogP contribution in [0.5, 0.6) is 5.75 Å². The standard InChI is InChI=1S/C17H23NO/c1-13-6-7-16(19-3)15(9-13)11-17(12-18)8-4-5-14(2)10-17/h6-7,9,14H,4-5,8,10-11H2,1-3H3. The number of methoxy groups -OCH3 is 1. The van der Waals surface area contributed by atoms with Crippen molar-refractivity contribution in [2.75, 3.05) is 7.11 Å². The number of aryl methyl sites for hydroxylation is 1. The summed E-state index contributed by atoms with van der Waals surface area (Å²) in [4.78, 5) is 0. The van der Waals surface area contributed by atoms with Crippen LogP contribution in [0.1, 0.15) is 43.7 Å². The van der Waals surface area contributed by atoms with Crippen LogP contribution in [0, 0.1) is 29.6 Å². The quantitative estimate of drug-likeness (QED) is 0.810. The fourth-order valence-electron chi connectivity index (χ4n) is 3.37. The minimum absolute atomic E-state index is 0.196. The molecule has 1 saturated carbocycles. The molecule has 0 aliphatic heterocycles. The minimum Gasteiger partial charge on any atom is -0.496 e. The van der Waals surface area contributed by atoms with Gasteiger partial charge < -0.3 is 4.74 Å². The van der Waals surface area contributed by atoms with Crippen LogP contribution >= 0.6 is 0 Å². The maximum absolute atomic E-state index is 9.66. The molecule has 0 bridgehead atoms. The summed E-state index contributed by atoms with van der Waals surface area (Å²) in [7, 11) is 1.71. The number of nitrogens with zero attached hydrogens (tertiary/aromatic N) is 1. The molecule has 0 radical (unpaired) electrons. The van der Waals surface area contributed by atoms with Gasteiger partial charge in [-0.1, -0.05) is 37.5 Å². The van der Waals surface area contributed by atoms with E-state index in [0.717, 1.165) is 25.0 Å². The van der Waals surface area contributed by atoms with Crippen molar-refractivity contribution in [1.29, 1.82) is 5.26 Å². The van der Waals surface area contributed by atoms with Crippen molar-refractivity contribution in [2.24, 2.45) is 11.3 Å². The van der Waals surface area contributed by atoms with Gasteiger partial charge in [-0.15, -0.1) is 0 Å². The number of ether oxygens (including phenoxy) is 1. The number of nitriles is 1. The highest BCUT2D eigenvalue weighted by Crippen LogP contribution is 2.42. The largest absolute Gasteiger partial charge is 0.496 e. The van der Waals surface area contributed by atoms with E-state index in [2.05, 4.69) is 32.0 Å². The van der Waals surface area contributed by atoms with Crippen LogP contribution in [0.25, 0.3) is 0 Å². The van der Waals surface area contributed by atoms with Gasteiger partial charge in [0.25, 0.3) is 0 Å². The van der Waals surface area contributed by atoms with Crippen LogP contribution in [0.2, 0.25) is 0 Å². The normalized spacial score (nSPS) is 26.7. The summed E-state index contributed by atoms with van der Waals surface area (Å²) in [6.45, 7) is 4.35. The summed E-state index contributed by atoms with van der Waals surface area (Å²) >= 11 is 0. The van der Waals surface area contributed by atoms with Crippen LogP contribution < -0.4 is 4.74 Å². The molecule has 2 unspecified atom stereocenters. The Balaban J connectivity index is 2.28. The first-order valence-corrected chi connectivity index (χ1v) is 7.13. The zero-order valence-corrected chi connectivity index (χ0v) is 12.2. The third kappa shape index (κ3) is 3.10. The lowest BCUT2D eigenvalue weighted by Crippen LogP contribution is -2.28. The van der Waals surface area contributed by atoms with E-state index in [1.807, 2.05) is 6.07 Å². The molecule has 1 fully saturated rings. The van der Waals surface area contributed by atoms with E-state index < -0.39 is 0 Å². The molecule has 102 valence electrons. The molecule has 2 heteroatoms. The Morgan fingerprint density at radius 2 is 2.26 bits per heavy atom. The maximum Gasteiger partial charge on any atom is 0.122 e. The molecule has 0 heterocycles. The lowest BCUT2D eigenvalue weighted by molar-refractivity contribution is 0.208. The second-order valence-corrected chi connectivity index (χ2v) is 6.09. The van der Waals surface area contributed by atoms with Gasteiger partial charge in [0.1, 0.15) is 5.75 Å². The first kappa shape index (κ1) is 13.9. The van der Waals surface area contributed by atoms with Crippen molar-refractivity contribution in [3.63, 3.8) is 0 Å². The third-order valence-corrected chi connectivity index (χ3v) is 4.29. The fourth-order valence-corrected chi connectivity index (χ4v) is 3.37. The van der Waals surface area contributed by atoms with Gasteiger partial charge in [-0.25, -0.2) is 0 Å². The van der Waals surface area contributed by atoms with Crippen LogP contribution in [0.15, 0.2) is 18.2 Å². The Morgan fingerprint density at radius 1 is 1.47 bits per heavy atom. The van der Waals surface area contributed by atoms with Crippen molar-refractivity contribution in [3.05, 3.63) is 29.3 Å². The average molecular weight is 257 g/mol. The number of benzene rings is 1. The van der Waals surface area contributed by atoms with E-state index in [1.165, 1.54) is 24.0 Å². The first-order chi connectivity index (χ1) is 9.08. The average Bonchev–Trinajstić information content (AvgIpc) is 2.39. The monoisotopic (exact) mass is 257 g/mol. The minimum atomic E-state index is -0.196. The van der Waals surface area contributed by atoms with Crippen molar-refractivity contribution < 1.29 is 4.74 Å². The van der Waals surface area contributed by atoms with Gasteiger partial charge in [-0.2, -0.15) is 5.26 Å². The first-order valence-electron chi connectivity index (χ1n) is 7.13. The van der Waals surface area contributed by atoms with E-state index in [1.54, 1.807) is 7.11 Å². The van der Waals surface area contributed by atoms with E-state index in [0.29, 0.717) is 5.92 Å². The molecule has 0 saturated heterocycles. The van der Waals surface area contributed by atoms with Gasteiger partial charge in [0.15, 0.2) is 0 Å². The second kappa shape index (κ2) is 5.65. The Kier molecular flexibility index (Phi) is 4.14. The highest BCUT2D eigenvalue weighted by molar-refractivity contribution is 5.38. The summed E-state index contributed by atoms with van der Waals surface area (Å²) in [6, 6.07) is 8.85. The van der Waals surface area contributed by atoms with Gasteiger partial charge in [-0.05, 0) is 43.7 Å². The van der Waals surface area contributed by atoms with Crippen molar-refractivity contribution in [1.82, 2.24) is 0 Å². The smallest absolute Gasteiger partial charge is 0.122 e. The molecule has 1 aromatic carbocycles. The summed E-state index contributed by atoms with van der Waals surface area (Å²) in [6.07, 6.45) is 5.28. The number of hydrogen-bond donors (Lipinski definition) is 0. The number of hydrogen-bond acceptors (Lipinski definition) is 2. The zero-order chi connectivity index (χ0) is 13.9. The van der Waals surface area contributed by atoms with E-state index in [4.69, 9.17) is 4.74 Å². The molecular formula is C17H23NO. The van der Waals surface area contributed by atoms with E-state index in [-0.39, 0.29) is 5.41 Å². The molecule has 2 atom stereocenters. The molecule has 1 aliphatic carbocycles. The molecule has 1 aromatic rings. The Hall–Kier alpha value is -1.49. The Bertz CT molecular complexity index is 489. The molecule has 0 amide bonds. The Morgan fingerprint density at radius 3 is 2.89 bits per heavy atom. The summed E-state index contributed by atoms with van der Waals surface area (Å²) < 4.78 is 5.45. The molecule has 19 heavy (non-hydrogen) atoms. The predicted molar refractivity (Wildman–Crippen MR) is 77.1 cm³/mol. The molecule has 0 spiro atoms. The highest BCUT2D eigenvalue weighted by atomic mass is 16.5.